The van der Waals surface area contributed by atoms with E-state index in [1.165, 1.54) is 6.20 Å². The molecule has 2 aromatic heterocycles. The molecule has 8 nitrogen and oxygen atoms in total. The van der Waals surface area contributed by atoms with Gasteiger partial charge in [-0.15, -0.1) is 10.2 Å². The topological polar surface area (TPSA) is 116 Å². The van der Waals surface area contributed by atoms with Gasteiger partial charge in [-0.1, -0.05) is 23.2 Å². The van der Waals surface area contributed by atoms with Crippen LogP contribution in [0.4, 0.5) is 5.69 Å². The predicted octanol–water partition coefficient (Wildman–Crippen LogP) is 4.29. The molecule has 4 rings (SSSR count). The van der Waals surface area contributed by atoms with Crippen molar-refractivity contribution in [1.82, 2.24) is 25.6 Å². The normalized spacial score (nSPS) is 11.5. The Morgan fingerprint density at radius 2 is 2.07 bits per heavy atom. The fraction of sp³-hybridized carbons (Fsp3) is 0. The zero-order valence-corrected chi connectivity index (χ0v) is 15.0. The average Bonchev–Trinajstić information content (AvgIpc) is 3.34. The quantitative estimate of drug-likeness (QED) is 0.493. The molecule has 0 fully saturated rings. The molecule has 0 amide bonds. The lowest BCUT2D eigenvalue weighted by molar-refractivity contribution is 0.620. The zero-order valence-electron chi connectivity index (χ0n) is 13.4. The summed E-state index contributed by atoms with van der Waals surface area (Å²) < 4.78 is 5.77. The molecule has 0 bridgehead atoms. The predicted molar refractivity (Wildman–Crippen MR) is 101 cm³/mol. The van der Waals surface area contributed by atoms with Crippen LogP contribution in [-0.2, 0) is 0 Å². The van der Waals surface area contributed by atoms with E-state index in [1.807, 2.05) is 6.07 Å². The Balaban J connectivity index is 1.63. The summed E-state index contributed by atoms with van der Waals surface area (Å²) in [5.41, 5.74) is 2.93. The Labute approximate surface area is 162 Å². The van der Waals surface area contributed by atoms with E-state index in [-0.39, 0.29) is 11.4 Å². The highest BCUT2D eigenvalue weighted by molar-refractivity contribution is 6.42. The molecule has 0 aliphatic carbocycles. The van der Waals surface area contributed by atoms with Gasteiger partial charge in [0.25, 0.3) is 0 Å². The van der Waals surface area contributed by atoms with Crippen molar-refractivity contribution in [3.8, 4) is 17.5 Å². The van der Waals surface area contributed by atoms with Crippen molar-refractivity contribution in [2.45, 2.75) is 0 Å². The van der Waals surface area contributed by atoms with Crippen LogP contribution in [0.5, 0.6) is 0 Å². The minimum atomic E-state index is 0.203. The van der Waals surface area contributed by atoms with E-state index >= 15 is 0 Å². The van der Waals surface area contributed by atoms with Crippen molar-refractivity contribution < 1.29 is 4.42 Å². The molecule has 132 valence electrons. The molecule has 2 N–H and O–H groups in total. The van der Waals surface area contributed by atoms with Crippen LogP contribution >= 0.6 is 23.2 Å². The maximum atomic E-state index is 9.19. The summed E-state index contributed by atoms with van der Waals surface area (Å²) in [5, 5.41) is 26.4. The van der Waals surface area contributed by atoms with Gasteiger partial charge in [0.2, 0.25) is 11.7 Å². The molecule has 2 heterocycles. The molecule has 0 aliphatic rings. The summed E-state index contributed by atoms with van der Waals surface area (Å²) in [5.74, 6) is 0.634. The number of nitrogens with zero attached hydrogens (tertiary/aromatic N) is 5. The van der Waals surface area contributed by atoms with Crippen molar-refractivity contribution in [2.75, 3.05) is 5.32 Å². The number of nitrogens with one attached hydrogen (secondary N) is 2. The summed E-state index contributed by atoms with van der Waals surface area (Å²) in [6.45, 7) is 0. The lowest BCUT2D eigenvalue weighted by atomic mass is 10.2. The van der Waals surface area contributed by atoms with Gasteiger partial charge in [-0.25, -0.2) is 4.98 Å². The van der Waals surface area contributed by atoms with E-state index in [2.05, 4.69) is 30.9 Å². The molecule has 2 aromatic carbocycles. The highest BCUT2D eigenvalue weighted by Crippen LogP contribution is 2.30. The number of allylic oxidation sites excluding steroid dienone is 1. The summed E-state index contributed by atoms with van der Waals surface area (Å²) in [6, 6.07) is 12.5. The maximum Gasteiger partial charge on any atom is 0.227 e. The first-order chi connectivity index (χ1) is 13.1. The van der Waals surface area contributed by atoms with E-state index in [1.54, 1.807) is 36.4 Å². The average molecular weight is 398 g/mol. The first kappa shape index (κ1) is 17.0. The van der Waals surface area contributed by atoms with E-state index in [0.29, 0.717) is 32.7 Å². The van der Waals surface area contributed by atoms with E-state index < -0.39 is 0 Å². The summed E-state index contributed by atoms with van der Waals surface area (Å²) in [7, 11) is 0. The first-order valence-electron chi connectivity index (χ1n) is 7.60. The summed E-state index contributed by atoms with van der Waals surface area (Å²) in [6.07, 6.45) is 1.49. The Bertz CT molecular complexity index is 1190. The molecule has 0 saturated carbocycles. The Morgan fingerprint density at radius 1 is 1.19 bits per heavy atom. The van der Waals surface area contributed by atoms with E-state index in [9.17, 15) is 5.26 Å². The lowest BCUT2D eigenvalue weighted by Crippen LogP contribution is -1.92. The molecule has 0 spiro atoms. The van der Waals surface area contributed by atoms with Crippen molar-refractivity contribution in [3.63, 3.8) is 0 Å². The van der Waals surface area contributed by atoms with Crippen LogP contribution in [0.15, 0.2) is 47.0 Å². The van der Waals surface area contributed by atoms with E-state index in [0.717, 1.165) is 5.56 Å². The number of tetrazole rings is 1. The van der Waals surface area contributed by atoms with Gasteiger partial charge in [0.15, 0.2) is 5.58 Å². The maximum absolute atomic E-state index is 9.19. The van der Waals surface area contributed by atoms with Gasteiger partial charge in [-0.2, -0.15) is 10.5 Å². The van der Waals surface area contributed by atoms with Crippen LogP contribution in [0.3, 0.4) is 0 Å². The van der Waals surface area contributed by atoms with Crippen LogP contribution in [0.25, 0.3) is 28.1 Å². The highest BCUT2D eigenvalue weighted by Gasteiger charge is 2.11. The van der Waals surface area contributed by atoms with Gasteiger partial charge in [-0.05, 0) is 41.6 Å². The van der Waals surface area contributed by atoms with Crippen molar-refractivity contribution in [3.05, 3.63) is 58.5 Å². The minimum Gasteiger partial charge on any atom is -0.436 e. The number of rotatable bonds is 4. The van der Waals surface area contributed by atoms with Gasteiger partial charge >= 0.3 is 0 Å². The summed E-state index contributed by atoms with van der Waals surface area (Å²) >= 11 is 12.0. The fourth-order valence-corrected chi connectivity index (χ4v) is 2.65. The summed E-state index contributed by atoms with van der Waals surface area (Å²) in [4.78, 5) is 4.48. The molecule has 27 heavy (non-hydrogen) atoms. The number of benzene rings is 2. The molecule has 0 unspecified atom stereocenters. The first-order valence-corrected chi connectivity index (χ1v) is 8.36. The highest BCUT2D eigenvalue weighted by atomic mass is 35.5. The third kappa shape index (κ3) is 3.46. The Morgan fingerprint density at radius 3 is 2.81 bits per heavy atom. The monoisotopic (exact) mass is 397 g/mol. The van der Waals surface area contributed by atoms with Crippen LogP contribution < -0.4 is 5.32 Å². The van der Waals surface area contributed by atoms with Crippen LogP contribution in [-0.4, -0.2) is 25.6 Å². The third-order valence-corrected chi connectivity index (χ3v) is 4.38. The molecular weight excluding hydrogens is 389 g/mol. The number of halogens is 2. The number of aromatic amines is 1. The zero-order chi connectivity index (χ0) is 18.8. The number of aromatic nitrogens is 5. The van der Waals surface area contributed by atoms with E-state index in [4.69, 9.17) is 27.6 Å². The van der Waals surface area contributed by atoms with Crippen molar-refractivity contribution in [2.24, 2.45) is 0 Å². The largest absolute Gasteiger partial charge is 0.436 e. The van der Waals surface area contributed by atoms with Gasteiger partial charge in [-0.3, -0.25) is 0 Å². The third-order valence-electron chi connectivity index (χ3n) is 3.64. The Hall–Kier alpha value is -3.41. The van der Waals surface area contributed by atoms with Gasteiger partial charge < -0.3 is 9.73 Å². The van der Waals surface area contributed by atoms with Gasteiger partial charge in [0.1, 0.15) is 17.2 Å². The van der Waals surface area contributed by atoms with Crippen LogP contribution in [0, 0.1) is 11.3 Å². The molecule has 0 aliphatic heterocycles. The molecule has 0 radical (unpaired) electrons. The minimum absolute atomic E-state index is 0.203. The van der Waals surface area contributed by atoms with Crippen LogP contribution in [0.1, 0.15) is 5.82 Å². The fourth-order valence-electron chi connectivity index (χ4n) is 2.35. The number of hydrogen-bond acceptors (Lipinski definition) is 7. The van der Waals surface area contributed by atoms with Crippen LogP contribution in [0.2, 0.25) is 10.0 Å². The van der Waals surface area contributed by atoms with Gasteiger partial charge in [0.05, 0.1) is 10.0 Å². The lowest BCUT2D eigenvalue weighted by Gasteiger charge is -2.00. The second-order valence-electron chi connectivity index (χ2n) is 5.38. The number of H-pyrrole nitrogens is 1. The molecule has 4 aromatic rings. The number of anilines is 1. The number of hydrogen-bond donors (Lipinski definition) is 2. The Kier molecular flexibility index (Phi) is 4.46. The van der Waals surface area contributed by atoms with Crippen molar-refractivity contribution in [1.29, 1.82) is 5.26 Å². The molecule has 0 saturated heterocycles. The number of fused-ring (bicyclic) bond motifs is 1. The molecule has 10 heteroatoms. The smallest absolute Gasteiger partial charge is 0.227 e. The molecular formula is C17H9Cl2N7O. The van der Waals surface area contributed by atoms with Gasteiger partial charge in [0, 0.05) is 17.5 Å². The number of nitriles is 1. The SMILES string of the molecule is N#CC(=CNc1ccc2oc(-c3ccc(Cl)c(Cl)c3)nc2c1)c1nn[nH]n1. The molecule has 0 atom stereocenters. The second kappa shape index (κ2) is 7.07. The van der Waals surface area contributed by atoms with Crippen molar-refractivity contribution >= 4 is 45.6 Å². The standard InChI is InChI=1S/C17H9Cl2N7O/c18-12-3-1-9(5-13(12)19)17-22-14-6-11(2-4-15(14)27-17)21-8-10(7-20)16-23-25-26-24-16/h1-6,8,21H,(H,23,24,25,26). The second-order valence-corrected chi connectivity index (χ2v) is 6.19. The number of oxazole rings is 1.